The molecular formula is C6H10N4O. The third-order valence-electron chi connectivity index (χ3n) is 1.28. The van der Waals surface area contributed by atoms with E-state index in [2.05, 4.69) is 5.10 Å². The molecule has 1 aromatic heterocycles. The quantitative estimate of drug-likeness (QED) is 0.324. The van der Waals surface area contributed by atoms with Gasteiger partial charge in [0, 0.05) is 13.2 Å². The minimum atomic E-state index is -0.210. The first-order valence-corrected chi connectivity index (χ1v) is 3.19. The van der Waals surface area contributed by atoms with E-state index < -0.39 is 0 Å². The number of nitrogens with two attached hydrogens (primary N) is 1. The van der Waals surface area contributed by atoms with Crippen LogP contribution >= 0.6 is 0 Å². The molecule has 11 heavy (non-hydrogen) atoms. The average molecular weight is 154 g/mol. The van der Waals surface area contributed by atoms with Crippen molar-refractivity contribution in [3.8, 4) is 0 Å². The maximum absolute atomic E-state index is 10.7. The summed E-state index contributed by atoms with van der Waals surface area (Å²) in [7, 11) is 1.80. The van der Waals surface area contributed by atoms with E-state index in [1.54, 1.807) is 24.1 Å². The van der Waals surface area contributed by atoms with Crippen molar-refractivity contribution in [3.05, 3.63) is 18.0 Å². The average Bonchev–Trinajstić information content (AvgIpc) is 2.35. The number of carbonyl (C=O) groups excluding carboxylic acids is 1. The predicted molar refractivity (Wildman–Crippen MR) is 39.2 cm³/mol. The van der Waals surface area contributed by atoms with Gasteiger partial charge in [-0.3, -0.25) is 14.9 Å². The molecule has 0 aromatic carbocycles. The van der Waals surface area contributed by atoms with Gasteiger partial charge >= 0.3 is 0 Å². The Balaban J connectivity index is 2.57. The molecule has 0 aliphatic carbocycles. The van der Waals surface area contributed by atoms with E-state index in [0.717, 1.165) is 5.56 Å². The summed E-state index contributed by atoms with van der Waals surface area (Å²) in [6, 6.07) is 0. The molecule has 60 valence electrons. The van der Waals surface area contributed by atoms with Crippen molar-refractivity contribution in [1.82, 2.24) is 15.2 Å². The van der Waals surface area contributed by atoms with Crippen LogP contribution in [-0.2, 0) is 18.3 Å². The van der Waals surface area contributed by atoms with E-state index >= 15 is 0 Å². The van der Waals surface area contributed by atoms with Gasteiger partial charge in [-0.05, 0) is 5.56 Å². The summed E-state index contributed by atoms with van der Waals surface area (Å²) in [5.41, 5.74) is 2.90. The summed E-state index contributed by atoms with van der Waals surface area (Å²) in [5, 5.41) is 3.90. The van der Waals surface area contributed by atoms with Crippen LogP contribution in [0.2, 0.25) is 0 Å². The number of nitrogens with one attached hydrogen (secondary N) is 1. The third kappa shape index (κ3) is 2.05. The first-order valence-electron chi connectivity index (χ1n) is 3.19. The highest BCUT2D eigenvalue weighted by atomic mass is 16.2. The van der Waals surface area contributed by atoms with Gasteiger partial charge in [-0.25, -0.2) is 5.84 Å². The predicted octanol–water partition coefficient (Wildman–Crippen LogP) is -1.05. The van der Waals surface area contributed by atoms with Gasteiger partial charge in [0.25, 0.3) is 0 Å². The molecular weight excluding hydrogens is 144 g/mol. The standard InChI is InChI=1S/C6H10N4O/c1-10-4-5(3-8-10)2-6(11)9-7/h3-4H,2,7H2,1H3,(H,9,11). The molecule has 3 N–H and O–H groups in total. The molecule has 0 saturated heterocycles. The number of hydrogen-bond acceptors (Lipinski definition) is 3. The summed E-state index contributed by atoms with van der Waals surface area (Å²) < 4.78 is 1.64. The molecule has 0 atom stereocenters. The SMILES string of the molecule is Cn1cc(CC(=O)NN)cn1. The zero-order chi connectivity index (χ0) is 8.27. The lowest BCUT2D eigenvalue weighted by atomic mass is 10.2. The third-order valence-corrected chi connectivity index (χ3v) is 1.28. The van der Waals surface area contributed by atoms with Crippen LogP contribution in [0.1, 0.15) is 5.56 Å². The fourth-order valence-corrected chi connectivity index (χ4v) is 0.800. The molecule has 1 aromatic rings. The number of hydrogen-bond donors (Lipinski definition) is 2. The van der Waals surface area contributed by atoms with E-state index in [0.29, 0.717) is 0 Å². The van der Waals surface area contributed by atoms with Crippen LogP contribution < -0.4 is 11.3 Å². The Morgan fingerprint density at radius 1 is 1.91 bits per heavy atom. The summed E-state index contributed by atoms with van der Waals surface area (Å²) >= 11 is 0. The fraction of sp³-hybridized carbons (Fsp3) is 0.333. The van der Waals surface area contributed by atoms with E-state index in [9.17, 15) is 4.79 Å². The second-order valence-electron chi connectivity index (χ2n) is 2.27. The van der Waals surface area contributed by atoms with Gasteiger partial charge in [-0.2, -0.15) is 5.10 Å². The fourth-order valence-electron chi connectivity index (χ4n) is 0.800. The monoisotopic (exact) mass is 154 g/mol. The Bertz CT molecular complexity index is 255. The van der Waals surface area contributed by atoms with Crippen LogP contribution in [0.3, 0.4) is 0 Å². The smallest absolute Gasteiger partial charge is 0.238 e. The molecule has 0 saturated carbocycles. The summed E-state index contributed by atoms with van der Waals surface area (Å²) in [6.45, 7) is 0. The largest absolute Gasteiger partial charge is 0.294 e. The Morgan fingerprint density at radius 2 is 2.64 bits per heavy atom. The number of rotatable bonds is 2. The Hall–Kier alpha value is -1.36. The number of nitrogens with zero attached hydrogens (tertiary/aromatic N) is 2. The van der Waals surface area contributed by atoms with Gasteiger partial charge in [0.2, 0.25) is 5.91 Å². The molecule has 1 heterocycles. The Kier molecular flexibility index (Phi) is 2.22. The first-order chi connectivity index (χ1) is 5.22. The summed E-state index contributed by atoms with van der Waals surface area (Å²) in [5.74, 6) is 4.69. The highest BCUT2D eigenvalue weighted by Crippen LogP contribution is 1.96. The number of amides is 1. The van der Waals surface area contributed by atoms with Crippen LogP contribution in [0.4, 0.5) is 0 Å². The molecule has 0 aliphatic heterocycles. The lowest BCUT2D eigenvalue weighted by Gasteiger charge is -1.93. The number of hydrazine groups is 1. The first kappa shape index (κ1) is 7.74. The minimum Gasteiger partial charge on any atom is -0.294 e. The van der Waals surface area contributed by atoms with Crippen molar-refractivity contribution in [1.29, 1.82) is 0 Å². The summed E-state index contributed by atoms with van der Waals surface area (Å²) in [6.07, 6.45) is 3.69. The Morgan fingerprint density at radius 3 is 3.09 bits per heavy atom. The molecule has 0 aliphatic rings. The van der Waals surface area contributed by atoms with Gasteiger partial charge in [-0.1, -0.05) is 0 Å². The van der Waals surface area contributed by atoms with Crippen LogP contribution in [0.25, 0.3) is 0 Å². The zero-order valence-electron chi connectivity index (χ0n) is 6.24. The van der Waals surface area contributed by atoms with Crippen LogP contribution in [0, 0.1) is 0 Å². The molecule has 0 radical (unpaired) electrons. The van der Waals surface area contributed by atoms with Gasteiger partial charge < -0.3 is 0 Å². The van der Waals surface area contributed by atoms with Crippen molar-refractivity contribution < 1.29 is 4.79 Å². The van der Waals surface area contributed by atoms with Gasteiger partial charge in [-0.15, -0.1) is 0 Å². The molecule has 1 amide bonds. The lowest BCUT2D eigenvalue weighted by Crippen LogP contribution is -2.31. The molecule has 5 heteroatoms. The molecule has 1 rings (SSSR count). The highest BCUT2D eigenvalue weighted by molar-refractivity contribution is 5.77. The minimum absolute atomic E-state index is 0.210. The zero-order valence-corrected chi connectivity index (χ0v) is 6.24. The maximum atomic E-state index is 10.7. The van der Waals surface area contributed by atoms with Gasteiger partial charge in [0.05, 0.1) is 12.6 Å². The van der Waals surface area contributed by atoms with Crippen LogP contribution in [0.5, 0.6) is 0 Å². The molecule has 0 unspecified atom stereocenters. The van der Waals surface area contributed by atoms with E-state index in [1.807, 2.05) is 5.43 Å². The second-order valence-corrected chi connectivity index (χ2v) is 2.27. The molecule has 5 nitrogen and oxygen atoms in total. The van der Waals surface area contributed by atoms with Crippen molar-refractivity contribution in [2.45, 2.75) is 6.42 Å². The molecule has 0 fully saturated rings. The Labute approximate surface area is 64.2 Å². The second kappa shape index (κ2) is 3.16. The van der Waals surface area contributed by atoms with Gasteiger partial charge in [0.15, 0.2) is 0 Å². The van der Waals surface area contributed by atoms with E-state index in [4.69, 9.17) is 5.84 Å². The van der Waals surface area contributed by atoms with E-state index in [1.165, 1.54) is 0 Å². The van der Waals surface area contributed by atoms with Crippen molar-refractivity contribution in [3.63, 3.8) is 0 Å². The van der Waals surface area contributed by atoms with Crippen LogP contribution in [0.15, 0.2) is 12.4 Å². The van der Waals surface area contributed by atoms with Crippen LogP contribution in [-0.4, -0.2) is 15.7 Å². The molecule has 0 spiro atoms. The maximum Gasteiger partial charge on any atom is 0.238 e. The van der Waals surface area contributed by atoms with Crippen molar-refractivity contribution in [2.75, 3.05) is 0 Å². The van der Waals surface area contributed by atoms with Crippen molar-refractivity contribution in [2.24, 2.45) is 12.9 Å². The normalized spacial score (nSPS) is 9.64. The molecule has 0 bridgehead atoms. The van der Waals surface area contributed by atoms with Crippen molar-refractivity contribution >= 4 is 5.91 Å². The lowest BCUT2D eigenvalue weighted by molar-refractivity contribution is -0.120. The highest BCUT2D eigenvalue weighted by Gasteiger charge is 2.01. The number of aryl methyl sites for hydroxylation is 1. The summed E-state index contributed by atoms with van der Waals surface area (Å²) in [4.78, 5) is 10.7. The number of carbonyl (C=O) groups is 1. The number of aromatic nitrogens is 2. The van der Waals surface area contributed by atoms with E-state index in [-0.39, 0.29) is 12.3 Å². The topological polar surface area (TPSA) is 72.9 Å². The van der Waals surface area contributed by atoms with Gasteiger partial charge in [0.1, 0.15) is 0 Å².